The highest BCUT2D eigenvalue weighted by Crippen LogP contribution is 2.30. The van der Waals surface area contributed by atoms with Crippen LogP contribution in [0, 0.1) is 0 Å². The standard InChI is InChI=1S/C14H16ClNS/c1-11(14-8-5-9-17-14)16(2)13-7-4-3-6-12(13)10-15/h3-9,11H,10H2,1-2H3. The molecule has 1 atom stereocenters. The monoisotopic (exact) mass is 265 g/mol. The van der Waals surface area contributed by atoms with E-state index in [9.17, 15) is 0 Å². The Balaban J connectivity index is 2.27. The van der Waals surface area contributed by atoms with Crippen molar-refractivity contribution in [3.8, 4) is 0 Å². The fourth-order valence-corrected chi connectivity index (χ4v) is 2.95. The lowest BCUT2D eigenvalue weighted by Gasteiger charge is -2.28. The summed E-state index contributed by atoms with van der Waals surface area (Å²) in [5.74, 6) is 0.553. The van der Waals surface area contributed by atoms with Gasteiger partial charge < -0.3 is 4.90 Å². The fraction of sp³-hybridized carbons (Fsp3) is 0.286. The number of hydrogen-bond acceptors (Lipinski definition) is 2. The molecule has 0 N–H and O–H groups in total. The van der Waals surface area contributed by atoms with E-state index in [1.54, 1.807) is 11.3 Å². The van der Waals surface area contributed by atoms with Crippen molar-refractivity contribution < 1.29 is 0 Å². The van der Waals surface area contributed by atoms with Gasteiger partial charge in [0, 0.05) is 23.5 Å². The number of nitrogens with zero attached hydrogens (tertiary/aromatic N) is 1. The van der Waals surface area contributed by atoms with Gasteiger partial charge in [-0.3, -0.25) is 0 Å². The Labute approximate surface area is 112 Å². The Kier molecular flexibility index (Phi) is 4.08. The summed E-state index contributed by atoms with van der Waals surface area (Å²) in [5.41, 5.74) is 2.39. The minimum absolute atomic E-state index is 0.374. The van der Waals surface area contributed by atoms with Crippen molar-refractivity contribution in [1.29, 1.82) is 0 Å². The maximum atomic E-state index is 5.98. The first-order valence-corrected chi connectivity index (χ1v) is 7.05. The lowest BCUT2D eigenvalue weighted by Crippen LogP contribution is -2.21. The molecule has 0 aliphatic heterocycles. The van der Waals surface area contributed by atoms with E-state index in [-0.39, 0.29) is 0 Å². The maximum Gasteiger partial charge on any atom is 0.0603 e. The van der Waals surface area contributed by atoms with Gasteiger partial charge in [0.15, 0.2) is 0 Å². The fourth-order valence-electron chi connectivity index (χ4n) is 1.90. The topological polar surface area (TPSA) is 3.24 Å². The molecule has 2 aromatic rings. The number of para-hydroxylation sites is 1. The van der Waals surface area contributed by atoms with Crippen molar-refractivity contribution in [3.05, 3.63) is 52.2 Å². The van der Waals surface area contributed by atoms with Gasteiger partial charge in [-0.15, -0.1) is 22.9 Å². The molecule has 1 unspecified atom stereocenters. The lowest BCUT2D eigenvalue weighted by molar-refractivity contribution is 0.751. The van der Waals surface area contributed by atoms with Gasteiger partial charge in [0.1, 0.15) is 0 Å². The maximum absolute atomic E-state index is 5.98. The van der Waals surface area contributed by atoms with Crippen LogP contribution in [0.4, 0.5) is 5.69 Å². The predicted octanol–water partition coefficient (Wildman–Crippen LogP) is 4.68. The van der Waals surface area contributed by atoms with Crippen molar-refractivity contribution in [1.82, 2.24) is 0 Å². The summed E-state index contributed by atoms with van der Waals surface area (Å²) in [6.45, 7) is 2.22. The average Bonchev–Trinajstić information content (AvgIpc) is 2.90. The molecule has 0 saturated heterocycles. The molecule has 0 radical (unpaired) electrons. The Morgan fingerprint density at radius 3 is 2.65 bits per heavy atom. The van der Waals surface area contributed by atoms with Crippen molar-refractivity contribution in [2.24, 2.45) is 0 Å². The number of alkyl halides is 1. The third-order valence-corrected chi connectivity index (χ3v) is 4.38. The molecular formula is C14H16ClNS. The molecule has 0 aliphatic rings. The Morgan fingerprint density at radius 1 is 1.24 bits per heavy atom. The molecule has 1 aromatic carbocycles. The first-order valence-electron chi connectivity index (χ1n) is 5.64. The smallest absolute Gasteiger partial charge is 0.0603 e. The van der Waals surface area contributed by atoms with Gasteiger partial charge in [-0.1, -0.05) is 24.3 Å². The summed E-state index contributed by atoms with van der Waals surface area (Å²) in [5, 5.41) is 2.12. The zero-order valence-corrected chi connectivity index (χ0v) is 11.6. The van der Waals surface area contributed by atoms with Crippen molar-refractivity contribution in [3.63, 3.8) is 0 Å². The average molecular weight is 266 g/mol. The number of benzene rings is 1. The zero-order valence-electron chi connectivity index (χ0n) is 10.1. The minimum atomic E-state index is 0.374. The molecular weight excluding hydrogens is 250 g/mol. The normalized spacial score (nSPS) is 12.4. The Bertz CT molecular complexity index is 467. The van der Waals surface area contributed by atoms with E-state index in [1.165, 1.54) is 16.1 Å². The van der Waals surface area contributed by atoms with Crippen LogP contribution in [0.2, 0.25) is 0 Å². The largest absolute Gasteiger partial charge is 0.367 e. The molecule has 0 amide bonds. The highest BCUT2D eigenvalue weighted by molar-refractivity contribution is 7.10. The zero-order chi connectivity index (χ0) is 12.3. The molecule has 0 spiro atoms. The molecule has 0 aliphatic carbocycles. The Hall–Kier alpha value is -0.990. The highest BCUT2D eigenvalue weighted by Gasteiger charge is 2.15. The second-order valence-corrected chi connectivity index (χ2v) is 5.31. The minimum Gasteiger partial charge on any atom is -0.367 e. The molecule has 17 heavy (non-hydrogen) atoms. The SMILES string of the molecule is CC(c1cccs1)N(C)c1ccccc1CCl. The molecule has 0 saturated carbocycles. The van der Waals surface area contributed by atoms with Gasteiger partial charge in [-0.05, 0) is 30.0 Å². The van der Waals surface area contributed by atoms with Gasteiger partial charge >= 0.3 is 0 Å². The summed E-state index contributed by atoms with van der Waals surface area (Å²) in [6.07, 6.45) is 0. The molecule has 1 nitrogen and oxygen atoms in total. The van der Waals surface area contributed by atoms with Crippen LogP contribution in [0.1, 0.15) is 23.4 Å². The summed E-state index contributed by atoms with van der Waals surface area (Å²) in [6, 6.07) is 12.9. The number of halogens is 1. The summed E-state index contributed by atoms with van der Waals surface area (Å²) in [4.78, 5) is 3.65. The van der Waals surface area contributed by atoms with Gasteiger partial charge in [0.2, 0.25) is 0 Å². The second-order valence-electron chi connectivity index (χ2n) is 4.06. The van der Waals surface area contributed by atoms with Gasteiger partial charge in [-0.25, -0.2) is 0 Å². The van der Waals surface area contributed by atoms with Crippen LogP contribution in [0.3, 0.4) is 0 Å². The van der Waals surface area contributed by atoms with Crippen molar-refractivity contribution >= 4 is 28.6 Å². The molecule has 3 heteroatoms. The third kappa shape index (κ3) is 2.64. The van der Waals surface area contributed by atoms with Crippen LogP contribution in [0.25, 0.3) is 0 Å². The van der Waals surface area contributed by atoms with E-state index < -0.39 is 0 Å². The summed E-state index contributed by atoms with van der Waals surface area (Å²) in [7, 11) is 2.12. The van der Waals surface area contributed by atoms with Crippen LogP contribution >= 0.6 is 22.9 Å². The highest BCUT2D eigenvalue weighted by atomic mass is 35.5. The quantitative estimate of drug-likeness (QED) is 0.726. The molecule has 0 fully saturated rings. The predicted molar refractivity (Wildman–Crippen MR) is 77.1 cm³/mol. The number of anilines is 1. The van der Waals surface area contributed by atoms with Gasteiger partial charge in [0.05, 0.1) is 6.04 Å². The van der Waals surface area contributed by atoms with Crippen LogP contribution in [-0.2, 0) is 5.88 Å². The summed E-state index contributed by atoms with van der Waals surface area (Å²) < 4.78 is 0. The van der Waals surface area contributed by atoms with E-state index in [0.717, 1.165) is 0 Å². The van der Waals surface area contributed by atoms with Crippen LogP contribution < -0.4 is 4.90 Å². The van der Waals surface area contributed by atoms with Crippen LogP contribution in [0.5, 0.6) is 0 Å². The van der Waals surface area contributed by atoms with Crippen molar-refractivity contribution in [2.75, 3.05) is 11.9 Å². The van der Waals surface area contributed by atoms with E-state index in [4.69, 9.17) is 11.6 Å². The van der Waals surface area contributed by atoms with Crippen LogP contribution in [-0.4, -0.2) is 7.05 Å². The summed E-state index contributed by atoms with van der Waals surface area (Å²) >= 11 is 7.77. The van der Waals surface area contributed by atoms with Gasteiger partial charge in [0.25, 0.3) is 0 Å². The molecule has 1 heterocycles. The Morgan fingerprint density at radius 2 is 2.00 bits per heavy atom. The molecule has 90 valence electrons. The number of thiophene rings is 1. The van der Waals surface area contributed by atoms with E-state index in [0.29, 0.717) is 11.9 Å². The molecule has 0 bridgehead atoms. The molecule has 2 rings (SSSR count). The van der Waals surface area contributed by atoms with Gasteiger partial charge in [-0.2, -0.15) is 0 Å². The second kappa shape index (κ2) is 5.56. The first kappa shape index (κ1) is 12.5. The lowest BCUT2D eigenvalue weighted by atomic mass is 10.1. The van der Waals surface area contributed by atoms with E-state index in [2.05, 4.69) is 54.6 Å². The van der Waals surface area contributed by atoms with E-state index >= 15 is 0 Å². The number of hydrogen-bond donors (Lipinski definition) is 0. The van der Waals surface area contributed by atoms with Crippen molar-refractivity contribution in [2.45, 2.75) is 18.8 Å². The van der Waals surface area contributed by atoms with E-state index in [1.807, 2.05) is 6.07 Å². The number of rotatable bonds is 4. The third-order valence-electron chi connectivity index (χ3n) is 3.05. The van der Waals surface area contributed by atoms with Crippen LogP contribution in [0.15, 0.2) is 41.8 Å². The molecule has 1 aromatic heterocycles. The first-order chi connectivity index (χ1) is 8.24.